The second-order valence-electron chi connectivity index (χ2n) is 3.14. The van der Waals surface area contributed by atoms with Crippen LogP contribution < -0.4 is 11.1 Å². The first-order valence-electron chi connectivity index (χ1n) is 4.90. The molecule has 0 saturated heterocycles. The van der Waals surface area contributed by atoms with E-state index in [1.165, 1.54) is 11.5 Å². The molecule has 0 bridgehead atoms. The van der Waals surface area contributed by atoms with Gasteiger partial charge in [0.1, 0.15) is 10.8 Å². The summed E-state index contributed by atoms with van der Waals surface area (Å²) in [6.45, 7) is 3.92. The third kappa shape index (κ3) is 4.03. The molecule has 1 aromatic rings. The number of nitrogens with one attached hydrogen (secondary N) is 1. The Morgan fingerprint density at radius 3 is 2.93 bits per heavy atom. The molecule has 1 aromatic heterocycles. The van der Waals surface area contributed by atoms with Gasteiger partial charge in [0.15, 0.2) is 0 Å². The van der Waals surface area contributed by atoms with Gasteiger partial charge in [-0.3, -0.25) is 0 Å². The second kappa shape index (κ2) is 6.60. The molecule has 0 aliphatic rings. The van der Waals surface area contributed by atoms with E-state index < -0.39 is 0 Å². The maximum absolute atomic E-state index is 8.48. The van der Waals surface area contributed by atoms with E-state index in [1.54, 1.807) is 0 Å². The molecule has 0 aromatic carbocycles. The standard InChI is InChI=1S/C9H17N3O2S/c1-7-8(10)12-15-9(7)11-3-2-5-14-6-4-13/h11,13H,2-6H2,1H3,(H2,10,12). The molecule has 0 unspecified atom stereocenters. The lowest BCUT2D eigenvalue weighted by Crippen LogP contribution is -2.07. The monoisotopic (exact) mass is 231 g/mol. The Kier molecular flexibility index (Phi) is 5.38. The Morgan fingerprint density at radius 2 is 2.33 bits per heavy atom. The van der Waals surface area contributed by atoms with Crippen LogP contribution in [-0.2, 0) is 4.74 Å². The van der Waals surface area contributed by atoms with Crippen molar-refractivity contribution >= 4 is 22.4 Å². The summed E-state index contributed by atoms with van der Waals surface area (Å²) in [6, 6.07) is 0. The molecule has 4 N–H and O–H groups in total. The number of nitrogens with two attached hydrogens (primary N) is 1. The first-order valence-corrected chi connectivity index (χ1v) is 5.67. The smallest absolute Gasteiger partial charge is 0.142 e. The molecule has 0 aliphatic carbocycles. The quantitative estimate of drug-likeness (QED) is 0.606. The molecular weight excluding hydrogens is 214 g/mol. The van der Waals surface area contributed by atoms with E-state index in [0.717, 1.165) is 23.5 Å². The molecule has 0 spiro atoms. The summed E-state index contributed by atoms with van der Waals surface area (Å²) in [5, 5.41) is 12.7. The molecule has 0 saturated carbocycles. The lowest BCUT2D eigenvalue weighted by Gasteiger charge is -2.04. The minimum atomic E-state index is 0.0813. The van der Waals surface area contributed by atoms with Crippen molar-refractivity contribution in [2.24, 2.45) is 0 Å². The third-order valence-corrected chi connectivity index (χ3v) is 2.87. The van der Waals surface area contributed by atoms with Crippen molar-refractivity contribution in [3.05, 3.63) is 5.56 Å². The molecule has 5 nitrogen and oxygen atoms in total. The van der Waals surface area contributed by atoms with Crippen molar-refractivity contribution < 1.29 is 9.84 Å². The van der Waals surface area contributed by atoms with E-state index in [2.05, 4.69) is 9.69 Å². The van der Waals surface area contributed by atoms with Crippen LogP contribution >= 0.6 is 11.5 Å². The highest BCUT2D eigenvalue weighted by Crippen LogP contribution is 2.24. The molecule has 0 amide bonds. The summed E-state index contributed by atoms with van der Waals surface area (Å²) >= 11 is 1.38. The first kappa shape index (κ1) is 12.2. The molecular formula is C9H17N3O2S. The summed E-state index contributed by atoms with van der Waals surface area (Å²) in [7, 11) is 0. The van der Waals surface area contributed by atoms with E-state index >= 15 is 0 Å². The van der Waals surface area contributed by atoms with Gasteiger partial charge in [0, 0.05) is 18.7 Å². The number of aliphatic hydroxyl groups is 1. The lowest BCUT2D eigenvalue weighted by atomic mass is 10.3. The molecule has 1 heterocycles. The predicted octanol–water partition coefficient (Wildman–Crippen LogP) is 0.845. The number of rotatable bonds is 7. The highest BCUT2D eigenvalue weighted by Gasteiger charge is 2.04. The number of nitrogen functional groups attached to an aromatic ring is 1. The zero-order chi connectivity index (χ0) is 11.1. The number of nitrogens with zero attached hydrogens (tertiary/aromatic N) is 1. The Bertz CT molecular complexity index is 291. The van der Waals surface area contributed by atoms with E-state index in [-0.39, 0.29) is 6.61 Å². The normalized spacial score (nSPS) is 10.5. The third-order valence-electron chi connectivity index (χ3n) is 1.95. The zero-order valence-electron chi connectivity index (χ0n) is 8.82. The van der Waals surface area contributed by atoms with Gasteiger partial charge in [-0.2, -0.15) is 4.37 Å². The number of anilines is 2. The van der Waals surface area contributed by atoms with E-state index in [1.807, 2.05) is 6.92 Å². The molecule has 0 aliphatic heterocycles. The van der Waals surface area contributed by atoms with Gasteiger partial charge in [-0.1, -0.05) is 0 Å². The first-order chi connectivity index (χ1) is 7.25. The van der Waals surface area contributed by atoms with Gasteiger partial charge in [-0.15, -0.1) is 0 Å². The second-order valence-corrected chi connectivity index (χ2v) is 3.91. The number of aliphatic hydroxyl groups excluding tert-OH is 1. The van der Waals surface area contributed by atoms with E-state index in [4.69, 9.17) is 15.6 Å². The Hall–Kier alpha value is -0.850. The van der Waals surface area contributed by atoms with Crippen LogP contribution in [0.4, 0.5) is 10.8 Å². The number of ether oxygens (including phenoxy) is 1. The molecule has 0 fully saturated rings. The van der Waals surface area contributed by atoms with Gasteiger partial charge in [0.05, 0.1) is 13.2 Å². The molecule has 86 valence electrons. The summed E-state index contributed by atoms with van der Waals surface area (Å²) in [5.41, 5.74) is 6.63. The fraction of sp³-hybridized carbons (Fsp3) is 0.667. The van der Waals surface area contributed by atoms with E-state index in [9.17, 15) is 0 Å². The molecule has 0 atom stereocenters. The van der Waals surface area contributed by atoms with Gasteiger partial charge < -0.3 is 20.9 Å². The van der Waals surface area contributed by atoms with Crippen LogP contribution in [0.1, 0.15) is 12.0 Å². The Labute approximate surface area is 93.4 Å². The lowest BCUT2D eigenvalue weighted by molar-refractivity contribution is 0.0922. The van der Waals surface area contributed by atoms with Crippen molar-refractivity contribution in [1.82, 2.24) is 4.37 Å². The minimum Gasteiger partial charge on any atom is -0.394 e. The number of hydrogen-bond donors (Lipinski definition) is 3. The van der Waals surface area contributed by atoms with Gasteiger partial charge in [-0.05, 0) is 24.9 Å². The van der Waals surface area contributed by atoms with Crippen molar-refractivity contribution in [1.29, 1.82) is 0 Å². The SMILES string of the molecule is Cc1c(N)nsc1NCCCOCCO. The minimum absolute atomic E-state index is 0.0813. The average molecular weight is 231 g/mol. The Morgan fingerprint density at radius 1 is 1.53 bits per heavy atom. The maximum atomic E-state index is 8.48. The molecule has 1 rings (SSSR count). The van der Waals surface area contributed by atoms with Crippen molar-refractivity contribution in [3.63, 3.8) is 0 Å². The maximum Gasteiger partial charge on any atom is 0.142 e. The van der Waals surface area contributed by atoms with Crippen molar-refractivity contribution in [3.8, 4) is 0 Å². The largest absolute Gasteiger partial charge is 0.394 e. The van der Waals surface area contributed by atoms with Gasteiger partial charge in [0.25, 0.3) is 0 Å². The molecule has 0 radical (unpaired) electrons. The highest BCUT2D eigenvalue weighted by molar-refractivity contribution is 7.10. The van der Waals surface area contributed by atoms with Crippen LogP contribution in [0.2, 0.25) is 0 Å². The van der Waals surface area contributed by atoms with Crippen LogP contribution in [0.3, 0.4) is 0 Å². The predicted molar refractivity (Wildman–Crippen MR) is 62.3 cm³/mol. The van der Waals surface area contributed by atoms with Crippen LogP contribution in [-0.4, -0.2) is 35.8 Å². The van der Waals surface area contributed by atoms with Crippen LogP contribution in [0.25, 0.3) is 0 Å². The van der Waals surface area contributed by atoms with Crippen molar-refractivity contribution in [2.45, 2.75) is 13.3 Å². The highest BCUT2D eigenvalue weighted by atomic mass is 32.1. The summed E-state index contributed by atoms with van der Waals surface area (Å²) < 4.78 is 9.17. The van der Waals surface area contributed by atoms with Gasteiger partial charge in [-0.25, -0.2) is 0 Å². The van der Waals surface area contributed by atoms with Crippen molar-refractivity contribution in [2.75, 3.05) is 37.4 Å². The molecule has 15 heavy (non-hydrogen) atoms. The van der Waals surface area contributed by atoms with Gasteiger partial charge in [0.2, 0.25) is 0 Å². The average Bonchev–Trinajstić information content (AvgIpc) is 2.54. The summed E-state index contributed by atoms with van der Waals surface area (Å²) in [5.74, 6) is 0.596. The zero-order valence-corrected chi connectivity index (χ0v) is 9.64. The fourth-order valence-corrected chi connectivity index (χ4v) is 1.79. The summed E-state index contributed by atoms with van der Waals surface area (Å²) in [4.78, 5) is 0. The van der Waals surface area contributed by atoms with E-state index in [0.29, 0.717) is 19.0 Å². The van der Waals surface area contributed by atoms with Crippen LogP contribution in [0, 0.1) is 6.92 Å². The van der Waals surface area contributed by atoms with Crippen LogP contribution in [0.5, 0.6) is 0 Å². The number of aromatic nitrogens is 1. The topological polar surface area (TPSA) is 80.4 Å². The fourth-order valence-electron chi connectivity index (χ4n) is 1.06. The summed E-state index contributed by atoms with van der Waals surface area (Å²) in [6.07, 6.45) is 0.900. The molecule has 6 heteroatoms. The Balaban J connectivity index is 2.12. The number of hydrogen-bond acceptors (Lipinski definition) is 6. The van der Waals surface area contributed by atoms with Crippen LogP contribution in [0.15, 0.2) is 0 Å². The van der Waals surface area contributed by atoms with Gasteiger partial charge >= 0.3 is 0 Å².